The lowest BCUT2D eigenvalue weighted by Gasteiger charge is -2.29. The first-order valence-electron chi connectivity index (χ1n) is 8.36. The van der Waals surface area contributed by atoms with E-state index in [1.807, 2.05) is 43.3 Å². The highest BCUT2D eigenvalue weighted by molar-refractivity contribution is 5.75. The van der Waals surface area contributed by atoms with Gasteiger partial charge in [0.05, 0.1) is 0 Å². The number of rotatable bonds is 3. The first-order chi connectivity index (χ1) is 11.7. The summed E-state index contributed by atoms with van der Waals surface area (Å²) in [4.78, 5) is 0. The summed E-state index contributed by atoms with van der Waals surface area (Å²) in [6, 6.07) is 22.5. The molecule has 0 aromatic heterocycles. The van der Waals surface area contributed by atoms with Crippen LogP contribution >= 0.6 is 0 Å². The summed E-state index contributed by atoms with van der Waals surface area (Å²) in [5, 5.41) is 10.1. The molecule has 0 aliphatic carbocycles. The van der Waals surface area contributed by atoms with Crippen molar-refractivity contribution in [2.75, 3.05) is 0 Å². The lowest BCUT2D eigenvalue weighted by molar-refractivity contribution is 0.191. The van der Waals surface area contributed by atoms with Crippen molar-refractivity contribution in [1.82, 2.24) is 0 Å². The summed E-state index contributed by atoms with van der Waals surface area (Å²) in [5.74, 6) is 1.31. The zero-order valence-corrected chi connectivity index (χ0v) is 13.7. The maximum Gasteiger partial charge on any atom is 0.128 e. The Balaban J connectivity index is 1.63. The van der Waals surface area contributed by atoms with Crippen LogP contribution in [0.3, 0.4) is 0 Å². The monoisotopic (exact) mass is 316 g/mol. The van der Waals surface area contributed by atoms with Crippen LogP contribution in [0.1, 0.15) is 29.2 Å². The summed E-state index contributed by atoms with van der Waals surface area (Å²) in [7, 11) is 0. The molecule has 1 heterocycles. The van der Waals surface area contributed by atoms with E-state index in [0.717, 1.165) is 35.3 Å². The Morgan fingerprint density at radius 3 is 2.50 bits per heavy atom. The fraction of sp³-hybridized carbons (Fsp3) is 0.182. The molecule has 0 bridgehead atoms. The number of hydrogen-bond acceptors (Lipinski definition) is 2. The number of phenols is 1. The van der Waals surface area contributed by atoms with E-state index in [-0.39, 0.29) is 6.10 Å². The lowest BCUT2D eigenvalue weighted by Crippen LogP contribution is -2.14. The zero-order valence-electron chi connectivity index (χ0n) is 13.7. The molecule has 3 aromatic rings. The molecule has 0 fully saturated rings. The maximum atomic E-state index is 10.1. The second-order valence-electron chi connectivity index (χ2n) is 6.36. The largest absolute Gasteiger partial charge is 0.508 e. The van der Waals surface area contributed by atoms with Gasteiger partial charge in [-0.1, -0.05) is 54.6 Å². The summed E-state index contributed by atoms with van der Waals surface area (Å²) in [6.07, 6.45) is 1.63. The van der Waals surface area contributed by atoms with Crippen LogP contribution in [0.5, 0.6) is 11.5 Å². The zero-order chi connectivity index (χ0) is 16.5. The van der Waals surface area contributed by atoms with E-state index < -0.39 is 0 Å². The van der Waals surface area contributed by atoms with E-state index in [2.05, 4.69) is 30.3 Å². The van der Waals surface area contributed by atoms with Crippen LogP contribution in [-0.2, 0) is 6.42 Å². The predicted molar refractivity (Wildman–Crippen MR) is 96.4 cm³/mol. The maximum absolute atomic E-state index is 10.1. The van der Waals surface area contributed by atoms with Gasteiger partial charge < -0.3 is 9.84 Å². The first-order valence-corrected chi connectivity index (χ1v) is 8.36. The average molecular weight is 316 g/mol. The SMILES string of the molecule is Cc1ccc(CCC2Oc3ccccc3-c3ccccc32)c(O)c1. The Bertz CT molecular complexity index is 883. The van der Waals surface area contributed by atoms with Crippen LogP contribution in [0, 0.1) is 6.92 Å². The molecule has 0 saturated carbocycles. The van der Waals surface area contributed by atoms with E-state index >= 15 is 0 Å². The number of ether oxygens (including phenoxy) is 1. The van der Waals surface area contributed by atoms with Gasteiger partial charge in [-0.2, -0.15) is 0 Å². The van der Waals surface area contributed by atoms with E-state index in [4.69, 9.17) is 4.74 Å². The molecule has 1 aliphatic heterocycles. The van der Waals surface area contributed by atoms with Gasteiger partial charge in [0.15, 0.2) is 0 Å². The fourth-order valence-corrected chi connectivity index (χ4v) is 3.42. The van der Waals surface area contributed by atoms with Crippen molar-refractivity contribution in [3.8, 4) is 22.6 Å². The van der Waals surface area contributed by atoms with E-state index in [1.165, 1.54) is 11.1 Å². The van der Waals surface area contributed by atoms with Crippen LogP contribution < -0.4 is 4.74 Å². The highest BCUT2D eigenvalue weighted by Crippen LogP contribution is 2.43. The van der Waals surface area contributed by atoms with Gasteiger partial charge in [0, 0.05) is 11.1 Å². The molecule has 0 radical (unpaired) electrons. The van der Waals surface area contributed by atoms with Crippen LogP contribution in [-0.4, -0.2) is 5.11 Å². The smallest absolute Gasteiger partial charge is 0.128 e. The van der Waals surface area contributed by atoms with Crippen molar-refractivity contribution in [2.45, 2.75) is 25.9 Å². The van der Waals surface area contributed by atoms with Gasteiger partial charge in [0.2, 0.25) is 0 Å². The van der Waals surface area contributed by atoms with Crippen molar-refractivity contribution in [2.24, 2.45) is 0 Å². The summed E-state index contributed by atoms with van der Waals surface area (Å²) < 4.78 is 6.26. The highest BCUT2D eigenvalue weighted by Gasteiger charge is 2.25. The van der Waals surface area contributed by atoms with Crippen molar-refractivity contribution in [3.63, 3.8) is 0 Å². The molecule has 1 atom stereocenters. The third kappa shape index (κ3) is 2.65. The number of fused-ring (bicyclic) bond motifs is 3. The Kier molecular flexibility index (Phi) is 3.73. The number of phenolic OH excluding ortho intramolecular Hbond substituents is 1. The number of para-hydroxylation sites is 1. The molecule has 1 unspecified atom stereocenters. The molecule has 4 rings (SSSR count). The van der Waals surface area contributed by atoms with Gasteiger partial charge >= 0.3 is 0 Å². The van der Waals surface area contributed by atoms with E-state index in [0.29, 0.717) is 5.75 Å². The van der Waals surface area contributed by atoms with Crippen molar-refractivity contribution in [1.29, 1.82) is 0 Å². The van der Waals surface area contributed by atoms with Crippen molar-refractivity contribution in [3.05, 3.63) is 83.4 Å². The number of hydrogen-bond donors (Lipinski definition) is 1. The number of aryl methyl sites for hydroxylation is 2. The molecule has 1 aliphatic rings. The van der Waals surface area contributed by atoms with Crippen molar-refractivity contribution < 1.29 is 9.84 Å². The molecule has 0 spiro atoms. The molecule has 0 saturated heterocycles. The molecular weight excluding hydrogens is 296 g/mol. The topological polar surface area (TPSA) is 29.5 Å². The summed E-state index contributed by atoms with van der Waals surface area (Å²) >= 11 is 0. The molecule has 120 valence electrons. The molecular formula is C22H20O2. The quantitative estimate of drug-likeness (QED) is 0.698. The summed E-state index contributed by atoms with van der Waals surface area (Å²) in [6.45, 7) is 1.99. The van der Waals surface area contributed by atoms with Gasteiger partial charge in [0.25, 0.3) is 0 Å². The minimum atomic E-state index is 0.0109. The summed E-state index contributed by atoms with van der Waals surface area (Å²) in [5.41, 5.74) is 5.67. The third-order valence-electron chi connectivity index (χ3n) is 4.67. The highest BCUT2D eigenvalue weighted by atomic mass is 16.5. The van der Waals surface area contributed by atoms with Gasteiger partial charge in [-0.15, -0.1) is 0 Å². The van der Waals surface area contributed by atoms with E-state index in [1.54, 1.807) is 0 Å². The van der Waals surface area contributed by atoms with Gasteiger partial charge in [-0.25, -0.2) is 0 Å². The first kappa shape index (κ1) is 14.8. The van der Waals surface area contributed by atoms with Crippen LogP contribution in [0.4, 0.5) is 0 Å². The van der Waals surface area contributed by atoms with E-state index in [9.17, 15) is 5.11 Å². The molecule has 2 nitrogen and oxygen atoms in total. The Labute approximate surface area is 142 Å². The Hall–Kier alpha value is -2.74. The second-order valence-corrected chi connectivity index (χ2v) is 6.36. The predicted octanol–water partition coefficient (Wildman–Crippen LogP) is 5.43. The minimum absolute atomic E-state index is 0.0109. The Morgan fingerprint density at radius 1 is 0.917 bits per heavy atom. The number of aromatic hydroxyl groups is 1. The Morgan fingerprint density at radius 2 is 1.67 bits per heavy atom. The molecule has 1 N–H and O–H groups in total. The number of benzene rings is 3. The van der Waals surface area contributed by atoms with Crippen LogP contribution in [0.25, 0.3) is 11.1 Å². The minimum Gasteiger partial charge on any atom is -0.508 e. The average Bonchev–Trinajstić information content (AvgIpc) is 2.61. The lowest BCUT2D eigenvalue weighted by atomic mass is 9.90. The van der Waals surface area contributed by atoms with Gasteiger partial charge in [-0.3, -0.25) is 0 Å². The van der Waals surface area contributed by atoms with Crippen LogP contribution in [0.15, 0.2) is 66.7 Å². The molecule has 0 amide bonds. The normalized spacial score (nSPS) is 15.3. The fourth-order valence-electron chi connectivity index (χ4n) is 3.42. The third-order valence-corrected chi connectivity index (χ3v) is 4.67. The van der Waals surface area contributed by atoms with Gasteiger partial charge in [0.1, 0.15) is 17.6 Å². The second kappa shape index (κ2) is 6.04. The van der Waals surface area contributed by atoms with Crippen molar-refractivity contribution >= 4 is 0 Å². The van der Waals surface area contributed by atoms with Crippen LogP contribution in [0.2, 0.25) is 0 Å². The standard InChI is InChI=1S/C22H20O2/c1-15-10-11-16(20(23)14-15)12-13-22-19-7-3-2-6-17(19)18-8-4-5-9-21(18)24-22/h2-11,14,22-23H,12-13H2,1H3. The van der Waals surface area contributed by atoms with Gasteiger partial charge in [-0.05, 0) is 48.6 Å². The molecule has 2 heteroatoms. The molecule has 3 aromatic carbocycles. The molecule has 24 heavy (non-hydrogen) atoms.